The van der Waals surface area contributed by atoms with Crippen molar-refractivity contribution in [3.63, 3.8) is 0 Å². The zero-order chi connectivity index (χ0) is 18.9. The van der Waals surface area contributed by atoms with Gasteiger partial charge in [0.1, 0.15) is 0 Å². The molecule has 2 saturated heterocycles. The van der Waals surface area contributed by atoms with Crippen molar-refractivity contribution < 1.29 is 9.59 Å². The smallest absolute Gasteiger partial charge is 0.251 e. The van der Waals surface area contributed by atoms with Gasteiger partial charge < -0.3 is 20.4 Å². The number of carbonyl (C=O) groups excluding carboxylic acids is 2. The van der Waals surface area contributed by atoms with Gasteiger partial charge in [0.15, 0.2) is 0 Å². The summed E-state index contributed by atoms with van der Waals surface area (Å²) in [5.74, 6) is -0.0790. The van der Waals surface area contributed by atoms with Crippen LogP contribution in [0.15, 0.2) is 24.3 Å². The van der Waals surface area contributed by atoms with E-state index in [0.717, 1.165) is 39.3 Å². The molecular formula is C21H32N4O2. The first kappa shape index (κ1) is 19.8. The van der Waals surface area contributed by atoms with Gasteiger partial charge in [-0.2, -0.15) is 0 Å². The van der Waals surface area contributed by atoms with Crippen LogP contribution in [0.5, 0.6) is 0 Å². The molecule has 148 valence electrons. The van der Waals surface area contributed by atoms with Crippen LogP contribution in [0.1, 0.15) is 48.9 Å². The van der Waals surface area contributed by atoms with Crippen molar-refractivity contribution in [1.29, 1.82) is 0 Å². The maximum atomic E-state index is 12.4. The van der Waals surface area contributed by atoms with E-state index in [2.05, 4.69) is 20.4 Å². The van der Waals surface area contributed by atoms with Crippen molar-refractivity contribution in [3.05, 3.63) is 29.8 Å². The monoisotopic (exact) mass is 372 g/mol. The van der Waals surface area contributed by atoms with Gasteiger partial charge in [-0.15, -0.1) is 0 Å². The Bertz CT molecular complexity index is 622. The van der Waals surface area contributed by atoms with Crippen molar-refractivity contribution in [1.82, 2.24) is 15.1 Å². The molecule has 6 heteroatoms. The summed E-state index contributed by atoms with van der Waals surface area (Å²) < 4.78 is 0. The summed E-state index contributed by atoms with van der Waals surface area (Å²) in [6.07, 6.45) is 6.79. The number of hydrogen-bond donors (Lipinski definition) is 2. The number of piperidine rings is 1. The fourth-order valence-corrected chi connectivity index (χ4v) is 3.84. The number of nitrogens with one attached hydrogen (secondary N) is 2. The predicted octanol–water partition coefficient (Wildman–Crippen LogP) is 2.33. The SMILES string of the molecule is O=C(CCN1CCCC1)Nc1cccc(C(=O)NCCN2CCCCC2)c1. The van der Waals surface area contributed by atoms with Crippen molar-refractivity contribution in [3.8, 4) is 0 Å². The number of rotatable bonds is 8. The van der Waals surface area contributed by atoms with E-state index in [-0.39, 0.29) is 11.8 Å². The normalized spacial score (nSPS) is 18.4. The Hall–Kier alpha value is -1.92. The van der Waals surface area contributed by atoms with E-state index in [4.69, 9.17) is 0 Å². The van der Waals surface area contributed by atoms with Crippen LogP contribution in [-0.2, 0) is 4.79 Å². The minimum Gasteiger partial charge on any atom is -0.351 e. The second-order valence-corrected chi connectivity index (χ2v) is 7.59. The zero-order valence-corrected chi connectivity index (χ0v) is 16.2. The van der Waals surface area contributed by atoms with Gasteiger partial charge in [-0.25, -0.2) is 0 Å². The van der Waals surface area contributed by atoms with Gasteiger partial charge in [0.2, 0.25) is 5.91 Å². The topological polar surface area (TPSA) is 64.7 Å². The summed E-state index contributed by atoms with van der Waals surface area (Å²) in [5.41, 5.74) is 1.27. The minimum atomic E-state index is -0.0832. The quantitative estimate of drug-likeness (QED) is 0.735. The summed E-state index contributed by atoms with van der Waals surface area (Å²) in [5, 5.41) is 5.90. The molecule has 0 radical (unpaired) electrons. The lowest BCUT2D eigenvalue weighted by atomic mass is 10.1. The van der Waals surface area contributed by atoms with Gasteiger partial charge in [-0.3, -0.25) is 9.59 Å². The summed E-state index contributed by atoms with van der Waals surface area (Å²) in [7, 11) is 0. The average Bonchev–Trinajstić information content (AvgIpc) is 3.21. The Morgan fingerprint density at radius 2 is 1.56 bits per heavy atom. The van der Waals surface area contributed by atoms with E-state index in [0.29, 0.717) is 24.2 Å². The zero-order valence-electron chi connectivity index (χ0n) is 16.2. The molecule has 3 rings (SSSR count). The van der Waals surface area contributed by atoms with Crippen LogP contribution in [0.2, 0.25) is 0 Å². The lowest BCUT2D eigenvalue weighted by molar-refractivity contribution is -0.116. The van der Waals surface area contributed by atoms with Gasteiger partial charge in [-0.1, -0.05) is 12.5 Å². The first-order valence-corrected chi connectivity index (χ1v) is 10.3. The van der Waals surface area contributed by atoms with E-state index in [1.807, 2.05) is 12.1 Å². The molecule has 2 amide bonds. The molecule has 6 nitrogen and oxygen atoms in total. The number of benzene rings is 1. The second kappa shape index (κ2) is 10.4. The first-order valence-electron chi connectivity index (χ1n) is 10.3. The predicted molar refractivity (Wildman–Crippen MR) is 108 cm³/mol. The number of anilines is 1. The number of nitrogens with zero attached hydrogens (tertiary/aromatic N) is 2. The maximum Gasteiger partial charge on any atom is 0.251 e. The molecule has 0 saturated carbocycles. The third-order valence-corrected chi connectivity index (χ3v) is 5.42. The van der Waals surface area contributed by atoms with E-state index in [9.17, 15) is 9.59 Å². The summed E-state index contributed by atoms with van der Waals surface area (Å²) in [4.78, 5) is 29.3. The van der Waals surface area contributed by atoms with Gasteiger partial charge in [0.25, 0.3) is 5.91 Å². The van der Waals surface area contributed by atoms with Crippen molar-refractivity contribution in [2.45, 2.75) is 38.5 Å². The Morgan fingerprint density at radius 3 is 2.30 bits per heavy atom. The molecule has 27 heavy (non-hydrogen) atoms. The maximum absolute atomic E-state index is 12.4. The number of likely N-dealkylation sites (tertiary alicyclic amines) is 2. The van der Waals surface area contributed by atoms with Gasteiger partial charge in [0.05, 0.1) is 0 Å². The fraction of sp³-hybridized carbons (Fsp3) is 0.619. The molecule has 0 aliphatic carbocycles. The molecule has 2 aliphatic heterocycles. The molecule has 1 aromatic carbocycles. The van der Waals surface area contributed by atoms with Crippen LogP contribution < -0.4 is 10.6 Å². The molecule has 2 heterocycles. The van der Waals surface area contributed by atoms with Crippen LogP contribution in [0, 0.1) is 0 Å². The van der Waals surface area contributed by atoms with Crippen LogP contribution in [0.3, 0.4) is 0 Å². The third-order valence-electron chi connectivity index (χ3n) is 5.42. The molecule has 0 spiro atoms. The highest BCUT2D eigenvalue weighted by Crippen LogP contribution is 2.12. The van der Waals surface area contributed by atoms with Gasteiger partial charge >= 0.3 is 0 Å². The number of hydrogen-bond acceptors (Lipinski definition) is 4. The van der Waals surface area contributed by atoms with Crippen molar-refractivity contribution >= 4 is 17.5 Å². The van der Waals surface area contributed by atoms with Crippen molar-refractivity contribution in [2.24, 2.45) is 0 Å². The Balaban J connectivity index is 1.41. The summed E-state index contributed by atoms with van der Waals surface area (Å²) in [6, 6.07) is 7.19. The molecule has 0 bridgehead atoms. The van der Waals surface area contributed by atoms with Crippen LogP contribution in [-0.4, -0.2) is 67.4 Å². The molecule has 2 N–H and O–H groups in total. The largest absolute Gasteiger partial charge is 0.351 e. The van der Waals surface area contributed by atoms with Crippen LogP contribution >= 0.6 is 0 Å². The fourth-order valence-electron chi connectivity index (χ4n) is 3.84. The Kier molecular flexibility index (Phi) is 7.66. The highest BCUT2D eigenvalue weighted by Gasteiger charge is 2.14. The number of carbonyl (C=O) groups is 2. The minimum absolute atomic E-state index is 0.00422. The van der Waals surface area contributed by atoms with Crippen LogP contribution in [0.4, 0.5) is 5.69 Å². The molecular weight excluding hydrogens is 340 g/mol. The molecule has 0 unspecified atom stereocenters. The molecule has 2 fully saturated rings. The average molecular weight is 373 g/mol. The second-order valence-electron chi connectivity index (χ2n) is 7.59. The molecule has 1 aromatic rings. The lowest BCUT2D eigenvalue weighted by Crippen LogP contribution is -2.37. The van der Waals surface area contributed by atoms with E-state index in [1.165, 1.54) is 32.1 Å². The molecule has 0 atom stereocenters. The summed E-state index contributed by atoms with van der Waals surface area (Å²) in [6.45, 7) is 6.83. The van der Waals surface area contributed by atoms with E-state index >= 15 is 0 Å². The summed E-state index contributed by atoms with van der Waals surface area (Å²) >= 11 is 0. The van der Waals surface area contributed by atoms with Gasteiger partial charge in [0, 0.05) is 37.3 Å². The standard InChI is InChI=1S/C21H32N4O2/c26-20(9-15-24-13-4-5-14-24)23-19-8-6-7-18(17-19)21(27)22-10-16-25-11-2-1-3-12-25/h6-8,17H,1-5,9-16H2,(H,22,27)(H,23,26). The third kappa shape index (κ3) is 6.63. The van der Waals surface area contributed by atoms with Gasteiger partial charge in [-0.05, 0) is 70.1 Å². The molecule has 2 aliphatic rings. The first-order chi connectivity index (χ1) is 13.2. The van der Waals surface area contributed by atoms with E-state index in [1.54, 1.807) is 12.1 Å². The lowest BCUT2D eigenvalue weighted by Gasteiger charge is -2.26. The highest BCUT2D eigenvalue weighted by atomic mass is 16.2. The van der Waals surface area contributed by atoms with Crippen LogP contribution in [0.25, 0.3) is 0 Å². The Morgan fingerprint density at radius 1 is 0.889 bits per heavy atom. The highest BCUT2D eigenvalue weighted by molar-refractivity contribution is 5.97. The number of amides is 2. The van der Waals surface area contributed by atoms with E-state index < -0.39 is 0 Å². The van der Waals surface area contributed by atoms with Crippen molar-refractivity contribution in [2.75, 3.05) is 51.1 Å². The molecule has 0 aromatic heterocycles. The Labute approximate surface area is 162 Å².